The molecule has 1 amide bonds. The summed E-state index contributed by atoms with van der Waals surface area (Å²) in [6.45, 7) is 0.379. The number of hydrogen-bond donors (Lipinski definition) is 2. The highest BCUT2D eigenvalue weighted by molar-refractivity contribution is 5.92. The van der Waals surface area contributed by atoms with E-state index < -0.39 is 0 Å². The van der Waals surface area contributed by atoms with E-state index in [-0.39, 0.29) is 17.2 Å². The van der Waals surface area contributed by atoms with Crippen molar-refractivity contribution in [3.05, 3.63) is 52.2 Å². The molecule has 2 aromatic heterocycles. The number of carbonyl (C=O) groups excluding carboxylic acids is 1. The third-order valence-corrected chi connectivity index (χ3v) is 2.22. The third kappa shape index (κ3) is 2.81. The highest BCUT2D eigenvalue weighted by Crippen LogP contribution is 1.96. The van der Waals surface area contributed by atoms with Gasteiger partial charge in [0.15, 0.2) is 0 Å². The predicted molar refractivity (Wildman–Crippen MR) is 61.4 cm³/mol. The molecule has 0 bridgehead atoms. The molecule has 0 saturated carbocycles. The number of carbonyl (C=O) groups is 1. The van der Waals surface area contributed by atoms with Gasteiger partial charge in [0.05, 0.1) is 6.20 Å². The Labute approximate surface area is 97.3 Å². The molecule has 0 aliphatic rings. The lowest BCUT2D eigenvalue weighted by Crippen LogP contribution is -2.25. The molecule has 0 atom stereocenters. The molecule has 0 fully saturated rings. The minimum absolute atomic E-state index is 0.251. The van der Waals surface area contributed by atoms with Gasteiger partial charge in [-0.05, 0) is 6.07 Å². The van der Waals surface area contributed by atoms with E-state index in [9.17, 15) is 9.59 Å². The Hall–Kier alpha value is -2.37. The molecule has 0 unspecified atom stereocenters. The normalized spacial score (nSPS) is 10.2. The van der Waals surface area contributed by atoms with Crippen molar-refractivity contribution in [2.24, 2.45) is 7.05 Å². The fraction of sp³-hybridized carbons (Fsp3) is 0.182. The largest absolute Gasteiger partial charge is 0.347 e. The van der Waals surface area contributed by atoms with Crippen molar-refractivity contribution < 1.29 is 4.79 Å². The molecule has 2 aromatic rings. The van der Waals surface area contributed by atoms with Gasteiger partial charge < -0.3 is 10.3 Å². The molecule has 2 N–H and O–H groups in total. The number of aromatic amines is 1. The number of aryl methyl sites for hydroxylation is 1. The Morgan fingerprint density at radius 1 is 1.53 bits per heavy atom. The van der Waals surface area contributed by atoms with Gasteiger partial charge in [0.25, 0.3) is 5.91 Å². The van der Waals surface area contributed by atoms with Gasteiger partial charge in [-0.2, -0.15) is 5.10 Å². The van der Waals surface area contributed by atoms with Gasteiger partial charge in [0, 0.05) is 31.4 Å². The van der Waals surface area contributed by atoms with Gasteiger partial charge in [-0.3, -0.25) is 14.3 Å². The second kappa shape index (κ2) is 4.65. The van der Waals surface area contributed by atoms with Gasteiger partial charge >= 0.3 is 0 Å². The summed E-state index contributed by atoms with van der Waals surface area (Å²) >= 11 is 0. The van der Waals surface area contributed by atoms with Crippen LogP contribution in [0.1, 0.15) is 16.1 Å². The molecular weight excluding hydrogens is 220 g/mol. The fourth-order valence-corrected chi connectivity index (χ4v) is 1.42. The Balaban J connectivity index is 2.00. The van der Waals surface area contributed by atoms with Crippen LogP contribution in [0.25, 0.3) is 0 Å². The lowest BCUT2D eigenvalue weighted by molar-refractivity contribution is 0.0945. The summed E-state index contributed by atoms with van der Waals surface area (Å²) in [5, 5.41) is 6.68. The topological polar surface area (TPSA) is 79.8 Å². The van der Waals surface area contributed by atoms with Crippen molar-refractivity contribution in [3.63, 3.8) is 0 Å². The average Bonchev–Trinajstić information content (AvgIpc) is 2.72. The number of amides is 1. The Morgan fingerprint density at radius 3 is 3.00 bits per heavy atom. The van der Waals surface area contributed by atoms with Crippen LogP contribution in [0.2, 0.25) is 0 Å². The van der Waals surface area contributed by atoms with E-state index >= 15 is 0 Å². The highest BCUT2D eigenvalue weighted by atomic mass is 16.2. The molecule has 0 spiro atoms. The summed E-state index contributed by atoms with van der Waals surface area (Å²) in [6, 6.07) is 4.45. The molecule has 0 aromatic carbocycles. The van der Waals surface area contributed by atoms with E-state index in [4.69, 9.17) is 0 Å². The summed E-state index contributed by atoms with van der Waals surface area (Å²) in [6.07, 6.45) is 3.49. The van der Waals surface area contributed by atoms with Crippen molar-refractivity contribution in [1.29, 1.82) is 0 Å². The Kier molecular flexibility index (Phi) is 3.04. The minimum Gasteiger partial charge on any atom is -0.347 e. The molecule has 0 saturated heterocycles. The molecule has 17 heavy (non-hydrogen) atoms. The van der Waals surface area contributed by atoms with Crippen LogP contribution in [0, 0.1) is 0 Å². The van der Waals surface area contributed by atoms with Gasteiger partial charge in [-0.15, -0.1) is 0 Å². The minimum atomic E-state index is -0.313. The monoisotopic (exact) mass is 232 g/mol. The number of pyridine rings is 1. The zero-order chi connectivity index (χ0) is 12.3. The van der Waals surface area contributed by atoms with Crippen LogP contribution in [0.15, 0.2) is 35.4 Å². The van der Waals surface area contributed by atoms with Gasteiger partial charge in [-0.1, -0.05) is 6.07 Å². The second-order valence-electron chi connectivity index (χ2n) is 3.63. The van der Waals surface area contributed by atoms with Gasteiger partial charge in [0.1, 0.15) is 5.69 Å². The maximum absolute atomic E-state index is 11.7. The summed E-state index contributed by atoms with van der Waals surface area (Å²) in [7, 11) is 1.81. The molecular formula is C11H12N4O2. The maximum atomic E-state index is 11.7. The number of hydrogen-bond acceptors (Lipinski definition) is 3. The second-order valence-corrected chi connectivity index (χ2v) is 3.63. The molecule has 6 heteroatoms. The standard InChI is InChI=1S/C11H12N4O2/c1-15-7-8(6-13-15)5-12-11(17)9-3-2-4-10(16)14-9/h2-4,6-7H,5H2,1H3,(H,12,17)(H,14,16). The molecule has 0 aliphatic carbocycles. The SMILES string of the molecule is Cn1cc(CNC(=O)c2cccc(=O)[nH]2)cn1. The third-order valence-electron chi connectivity index (χ3n) is 2.22. The predicted octanol–water partition coefficient (Wildman–Crippen LogP) is 0.0384. The first-order valence-electron chi connectivity index (χ1n) is 5.10. The summed E-state index contributed by atoms with van der Waals surface area (Å²) in [5.74, 6) is -0.313. The summed E-state index contributed by atoms with van der Waals surface area (Å²) in [4.78, 5) is 25.2. The Morgan fingerprint density at radius 2 is 2.35 bits per heavy atom. The first kappa shape index (κ1) is 11.1. The number of rotatable bonds is 3. The average molecular weight is 232 g/mol. The van der Waals surface area contributed by atoms with E-state index in [0.717, 1.165) is 5.56 Å². The van der Waals surface area contributed by atoms with E-state index in [1.165, 1.54) is 12.1 Å². The van der Waals surface area contributed by atoms with Crippen LogP contribution in [-0.4, -0.2) is 20.7 Å². The van der Waals surface area contributed by atoms with E-state index in [0.29, 0.717) is 6.54 Å². The zero-order valence-corrected chi connectivity index (χ0v) is 9.30. The van der Waals surface area contributed by atoms with Crippen LogP contribution in [0.5, 0.6) is 0 Å². The molecule has 2 heterocycles. The summed E-state index contributed by atoms with van der Waals surface area (Å²) < 4.78 is 1.66. The molecule has 6 nitrogen and oxygen atoms in total. The van der Waals surface area contributed by atoms with E-state index in [2.05, 4.69) is 15.4 Å². The van der Waals surface area contributed by atoms with Crippen LogP contribution in [0.4, 0.5) is 0 Å². The zero-order valence-electron chi connectivity index (χ0n) is 9.30. The van der Waals surface area contributed by atoms with Gasteiger partial charge in [0.2, 0.25) is 5.56 Å². The smallest absolute Gasteiger partial charge is 0.268 e. The van der Waals surface area contributed by atoms with Crippen molar-refractivity contribution >= 4 is 5.91 Å². The quantitative estimate of drug-likeness (QED) is 0.784. The van der Waals surface area contributed by atoms with Crippen LogP contribution >= 0.6 is 0 Å². The Bertz CT molecular complexity index is 585. The van der Waals surface area contributed by atoms with Gasteiger partial charge in [-0.25, -0.2) is 0 Å². The van der Waals surface area contributed by atoms with Crippen LogP contribution in [-0.2, 0) is 13.6 Å². The number of aromatic nitrogens is 3. The fourth-order valence-electron chi connectivity index (χ4n) is 1.42. The van der Waals surface area contributed by atoms with Crippen LogP contribution < -0.4 is 10.9 Å². The van der Waals surface area contributed by atoms with Crippen molar-refractivity contribution in [1.82, 2.24) is 20.1 Å². The molecule has 2 rings (SSSR count). The number of nitrogens with one attached hydrogen (secondary N) is 2. The van der Waals surface area contributed by atoms with Crippen molar-refractivity contribution in [2.75, 3.05) is 0 Å². The highest BCUT2D eigenvalue weighted by Gasteiger charge is 2.05. The summed E-state index contributed by atoms with van der Waals surface area (Å²) in [5.41, 5.74) is 0.861. The first-order valence-corrected chi connectivity index (χ1v) is 5.10. The number of nitrogens with zero attached hydrogens (tertiary/aromatic N) is 2. The van der Waals surface area contributed by atoms with E-state index in [1.54, 1.807) is 24.0 Å². The van der Waals surface area contributed by atoms with E-state index in [1.807, 2.05) is 6.20 Å². The van der Waals surface area contributed by atoms with Crippen molar-refractivity contribution in [3.8, 4) is 0 Å². The lowest BCUT2D eigenvalue weighted by Gasteiger charge is -2.02. The lowest BCUT2D eigenvalue weighted by atomic mass is 10.3. The van der Waals surface area contributed by atoms with Crippen LogP contribution in [0.3, 0.4) is 0 Å². The maximum Gasteiger partial charge on any atom is 0.268 e. The molecule has 0 aliphatic heterocycles. The molecule has 88 valence electrons. The number of H-pyrrole nitrogens is 1. The first-order chi connectivity index (χ1) is 8.15. The van der Waals surface area contributed by atoms with Crippen molar-refractivity contribution in [2.45, 2.75) is 6.54 Å². The molecule has 0 radical (unpaired) electrons.